The van der Waals surface area contributed by atoms with Crippen LogP contribution in [0.5, 0.6) is 11.5 Å². The Morgan fingerprint density at radius 2 is 1.26 bits per heavy atom. The van der Waals surface area contributed by atoms with E-state index in [1.54, 1.807) is 12.1 Å². The van der Waals surface area contributed by atoms with Gasteiger partial charge in [-0.2, -0.15) is 0 Å². The zero-order chi connectivity index (χ0) is 19.0. The molecule has 4 rings (SSSR count). The molecule has 0 radical (unpaired) electrons. The molecule has 0 amide bonds. The standard InChI is InChI=1S/C18H16N2O7/c21-19(22)13-1-3-17(11(5-13)7-15-9-25-15)27-18-4-2-14(20(23)24)6-12(18)8-16-10-26-16/h1-6,15-16H,7-10H2. The lowest BCUT2D eigenvalue weighted by Gasteiger charge is -2.14. The summed E-state index contributed by atoms with van der Waals surface area (Å²) in [5.74, 6) is 0.950. The molecular weight excluding hydrogens is 356 g/mol. The minimum Gasteiger partial charge on any atom is -0.457 e. The molecule has 0 aliphatic carbocycles. The van der Waals surface area contributed by atoms with Crippen molar-refractivity contribution in [3.8, 4) is 11.5 Å². The fraction of sp³-hybridized carbons (Fsp3) is 0.333. The first kappa shape index (κ1) is 17.4. The van der Waals surface area contributed by atoms with E-state index in [1.165, 1.54) is 24.3 Å². The maximum Gasteiger partial charge on any atom is 0.269 e. The van der Waals surface area contributed by atoms with Crippen LogP contribution in [0, 0.1) is 20.2 Å². The smallest absolute Gasteiger partial charge is 0.269 e. The Morgan fingerprint density at radius 1 is 0.852 bits per heavy atom. The predicted octanol–water partition coefficient (Wildman–Crippen LogP) is 3.18. The van der Waals surface area contributed by atoms with E-state index >= 15 is 0 Å². The van der Waals surface area contributed by atoms with Gasteiger partial charge in [-0.3, -0.25) is 20.2 Å². The second-order valence-corrected chi connectivity index (χ2v) is 6.52. The summed E-state index contributed by atoms with van der Waals surface area (Å²) in [5, 5.41) is 22.1. The van der Waals surface area contributed by atoms with Crippen molar-refractivity contribution in [2.45, 2.75) is 25.0 Å². The van der Waals surface area contributed by atoms with Gasteiger partial charge < -0.3 is 14.2 Å². The third kappa shape index (κ3) is 4.21. The molecule has 9 heteroatoms. The Kier molecular flexibility index (Phi) is 4.46. The van der Waals surface area contributed by atoms with E-state index in [0.717, 1.165) is 0 Å². The Balaban J connectivity index is 1.66. The van der Waals surface area contributed by atoms with Crippen LogP contribution in [0.2, 0.25) is 0 Å². The molecule has 0 aromatic heterocycles. The fourth-order valence-corrected chi connectivity index (χ4v) is 2.86. The van der Waals surface area contributed by atoms with E-state index in [0.29, 0.717) is 48.7 Å². The fourth-order valence-electron chi connectivity index (χ4n) is 2.86. The number of nitrogens with zero attached hydrogens (tertiary/aromatic N) is 2. The molecule has 2 saturated heterocycles. The van der Waals surface area contributed by atoms with Crippen LogP contribution >= 0.6 is 0 Å². The van der Waals surface area contributed by atoms with Crippen molar-refractivity contribution in [2.24, 2.45) is 0 Å². The Hall–Kier alpha value is -3.04. The van der Waals surface area contributed by atoms with Crippen LogP contribution in [0.15, 0.2) is 36.4 Å². The van der Waals surface area contributed by atoms with E-state index in [9.17, 15) is 20.2 Å². The third-order valence-electron chi connectivity index (χ3n) is 4.43. The molecule has 2 aliphatic heterocycles. The average Bonchev–Trinajstić information content (AvgIpc) is 3.54. The van der Waals surface area contributed by atoms with E-state index < -0.39 is 9.85 Å². The summed E-state index contributed by atoms with van der Waals surface area (Å²) < 4.78 is 16.5. The van der Waals surface area contributed by atoms with Crippen molar-refractivity contribution in [3.63, 3.8) is 0 Å². The molecule has 0 spiro atoms. The zero-order valence-electron chi connectivity index (χ0n) is 14.2. The molecule has 27 heavy (non-hydrogen) atoms. The van der Waals surface area contributed by atoms with E-state index in [4.69, 9.17) is 14.2 Å². The van der Waals surface area contributed by atoms with Gasteiger partial charge in [0, 0.05) is 48.2 Å². The van der Waals surface area contributed by atoms with Crippen LogP contribution in [0.25, 0.3) is 0 Å². The van der Waals surface area contributed by atoms with Gasteiger partial charge in [-0.25, -0.2) is 0 Å². The maximum atomic E-state index is 11.1. The molecule has 0 bridgehead atoms. The lowest BCUT2D eigenvalue weighted by Crippen LogP contribution is -2.02. The highest BCUT2D eigenvalue weighted by Gasteiger charge is 2.28. The first-order chi connectivity index (χ1) is 13.0. The van der Waals surface area contributed by atoms with Crippen LogP contribution < -0.4 is 4.74 Å². The highest BCUT2D eigenvalue weighted by Crippen LogP contribution is 2.35. The van der Waals surface area contributed by atoms with Crippen molar-refractivity contribution in [2.75, 3.05) is 13.2 Å². The quantitative estimate of drug-likeness (QED) is 0.396. The van der Waals surface area contributed by atoms with Gasteiger partial charge in [-0.15, -0.1) is 0 Å². The van der Waals surface area contributed by atoms with Gasteiger partial charge >= 0.3 is 0 Å². The number of nitro groups is 2. The summed E-state index contributed by atoms with van der Waals surface area (Å²) >= 11 is 0. The number of epoxide rings is 2. The van der Waals surface area contributed by atoms with Crippen molar-refractivity contribution in [1.82, 2.24) is 0 Å². The molecule has 9 nitrogen and oxygen atoms in total. The summed E-state index contributed by atoms with van der Waals surface area (Å²) in [6, 6.07) is 8.81. The monoisotopic (exact) mass is 372 g/mol. The lowest BCUT2D eigenvalue weighted by molar-refractivity contribution is -0.385. The second-order valence-electron chi connectivity index (χ2n) is 6.52. The Labute approximate surface area is 153 Å². The highest BCUT2D eigenvalue weighted by molar-refractivity contribution is 5.50. The highest BCUT2D eigenvalue weighted by atomic mass is 16.6. The lowest BCUT2D eigenvalue weighted by atomic mass is 10.1. The van der Waals surface area contributed by atoms with Crippen LogP contribution in [-0.2, 0) is 22.3 Å². The first-order valence-corrected chi connectivity index (χ1v) is 8.45. The first-order valence-electron chi connectivity index (χ1n) is 8.45. The number of nitro benzene ring substituents is 2. The molecule has 2 aromatic carbocycles. The number of hydrogen-bond acceptors (Lipinski definition) is 7. The summed E-state index contributed by atoms with van der Waals surface area (Å²) in [5.41, 5.74) is 1.29. The topological polar surface area (TPSA) is 121 Å². The molecule has 0 saturated carbocycles. The minimum atomic E-state index is -0.456. The number of benzene rings is 2. The largest absolute Gasteiger partial charge is 0.457 e. The molecule has 2 unspecified atom stereocenters. The van der Waals surface area contributed by atoms with Crippen molar-refractivity contribution < 1.29 is 24.1 Å². The number of ether oxygens (including phenoxy) is 3. The van der Waals surface area contributed by atoms with E-state index in [-0.39, 0.29) is 23.6 Å². The molecule has 2 heterocycles. The number of non-ortho nitro benzene ring substituents is 2. The summed E-state index contributed by atoms with van der Waals surface area (Å²) in [7, 11) is 0. The van der Waals surface area contributed by atoms with Crippen LogP contribution in [0.1, 0.15) is 11.1 Å². The van der Waals surface area contributed by atoms with Gasteiger partial charge in [0.05, 0.1) is 35.3 Å². The van der Waals surface area contributed by atoms with Gasteiger partial charge in [-0.1, -0.05) is 0 Å². The van der Waals surface area contributed by atoms with Crippen molar-refractivity contribution in [1.29, 1.82) is 0 Å². The minimum absolute atomic E-state index is 0.0201. The van der Waals surface area contributed by atoms with Crippen LogP contribution in [0.3, 0.4) is 0 Å². The van der Waals surface area contributed by atoms with Crippen molar-refractivity contribution >= 4 is 11.4 Å². The summed E-state index contributed by atoms with van der Waals surface area (Å²) in [6.07, 6.45) is 1.08. The second kappa shape index (κ2) is 6.93. The molecule has 2 aliphatic rings. The number of rotatable bonds is 8. The molecule has 2 aromatic rings. The van der Waals surface area contributed by atoms with Gasteiger partial charge in [-0.05, 0) is 12.1 Å². The van der Waals surface area contributed by atoms with E-state index in [2.05, 4.69) is 0 Å². The summed E-state index contributed by atoms with van der Waals surface area (Å²) in [6.45, 7) is 1.23. The van der Waals surface area contributed by atoms with Gasteiger partial charge in [0.25, 0.3) is 11.4 Å². The predicted molar refractivity (Wildman–Crippen MR) is 93.2 cm³/mol. The Bertz CT molecular complexity index is 833. The van der Waals surface area contributed by atoms with Gasteiger partial charge in [0.1, 0.15) is 11.5 Å². The van der Waals surface area contributed by atoms with Gasteiger partial charge in [0.15, 0.2) is 0 Å². The normalized spacial score (nSPS) is 20.1. The van der Waals surface area contributed by atoms with Gasteiger partial charge in [0.2, 0.25) is 0 Å². The average molecular weight is 372 g/mol. The zero-order valence-corrected chi connectivity index (χ0v) is 14.2. The molecular formula is C18H16N2O7. The van der Waals surface area contributed by atoms with Crippen LogP contribution in [0.4, 0.5) is 11.4 Å². The SMILES string of the molecule is O=[N+]([O-])c1ccc(Oc2ccc([N+](=O)[O-])cc2CC2CO2)c(CC2CO2)c1. The van der Waals surface area contributed by atoms with Crippen molar-refractivity contribution in [3.05, 3.63) is 67.8 Å². The molecule has 2 fully saturated rings. The Morgan fingerprint density at radius 3 is 1.59 bits per heavy atom. The third-order valence-corrected chi connectivity index (χ3v) is 4.43. The molecule has 2 atom stereocenters. The molecule has 140 valence electrons. The molecule has 0 N–H and O–H groups in total. The van der Waals surface area contributed by atoms with Crippen LogP contribution in [-0.4, -0.2) is 35.3 Å². The number of hydrogen-bond donors (Lipinski definition) is 0. The van der Waals surface area contributed by atoms with E-state index in [1.807, 2.05) is 0 Å². The maximum absolute atomic E-state index is 11.1. The summed E-state index contributed by atoms with van der Waals surface area (Å²) in [4.78, 5) is 21.2.